The van der Waals surface area contributed by atoms with Gasteiger partial charge in [0, 0.05) is 26.2 Å². The van der Waals surface area contributed by atoms with Gasteiger partial charge in [-0.3, -0.25) is 20.5 Å². The van der Waals surface area contributed by atoms with Crippen LogP contribution in [-0.2, 0) is 16.1 Å². The maximum absolute atomic E-state index is 12.1. The normalized spacial score (nSPS) is 19.9. The van der Waals surface area contributed by atoms with Gasteiger partial charge in [-0.1, -0.05) is 52.6 Å². The lowest BCUT2D eigenvalue weighted by molar-refractivity contribution is -0.119. The molecule has 2 aliphatic rings. The Labute approximate surface area is 183 Å². The number of allylic oxidation sites excluding steroid dienone is 2. The second kappa shape index (κ2) is 10.6. The van der Waals surface area contributed by atoms with Crippen LogP contribution in [0, 0.1) is 0 Å². The first-order valence-corrected chi connectivity index (χ1v) is 10.9. The van der Waals surface area contributed by atoms with Gasteiger partial charge >= 0.3 is 0 Å². The minimum atomic E-state index is -0.0430. The Morgan fingerprint density at radius 3 is 2.86 bits per heavy atom. The highest BCUT2D eigenvalue weighted by Crippen LogP contribution is 2.23. The van der Waals surface area contributed by atoms with E-state index >= 15 is 0 Å². The van der Waals surface area contributed by atoms with Gasteiger partial charge in [0.25, 0.3) is 0 Å². The molecule has 0 saturated carbocycles. The molecule has 0 radical (unpaired) electrons. The van der Waals surface area contributed by atoms with Gasteiger partial charge in [0.1, 0.15) is 5.16 Å². The Morgan fingerprint density at radius 2 is 2.11 bits per heavy atom. The first-order chi connectivity index (χ1) is 13.5. The smallest absolute Gasteiger partial charge is 0.230 e. The summed E-state index contributed by atoms with van der Waals surface area (Å²) in [6, 6.07) is 5.67. The van der Waals surface area contributed by atoms with E-state index in [1.165, 1.54) is 11.8 Å². The van der Waals surface area contributed by atoms with Crippen molar-refractivity contribution in [1.82, 2.24) is 21.1 Å². The third-order valence-corrected chi connectivity index (χ3v) is 6.10. The van der Waals surface area contributed by atoms with Crippen molar-refractivity contribution in [2.45, 2.75) is 12.6 Å². The molecular formula is C18H21Cl3N4O2S. The Balaban J connectivity index is 1.39. The molecule has 152 valence electrons. The molecule has 0 aliphatic carbocycles. The van der Waals surface area contributed by atoms with Crippen molar-refractivity contribution in [2.24, 2.45) is 0 Å². The van der Waals surface area contributed by atoms with Crippen molar-refractivity contribution in [3.05, 3.63) is 56.1 Å². The van der Waals surface area contributed by atoms with E-state index in [9.17, 15) is 4.79 Å². The van der Waals surface area contributed by atoms with Crippen molar-refractivity contribution < 1.29 is 9.53 Å². The quantitative estimate of drug-likeness (QED) is 0.540. The number of hydrogen-bond acceptors (Lipinski definition) is 6. The number of hydrazine groups is 1. The van der Waals surface area contributed by atoms with Crippen LogP contribution in [-0.4, -0.2) is 48.9 Å². The molecule has 1 amide bonds. The molecule has 1 atom stereocenters. The molecule has 0 aromatic heterocycles. The summed E-state index contributed by atoms with van der Waals surface area (Å²) in [5.41, 5.74) is 6.80. The van der Waals surface area contributed by atoms with E-state index in [4.69, 9.17) is 39.5 Å². The largest absolute Gasteiger partial charge is 0.374 e. The average Bonchev–Trinajstić information content (AvgIpc) is 2.69. The van der Waals surface area contributed by atoms with E-state index in [0.29, 0.717) is 34.1 Å². The molecule has 3 rings (SSSR count). The summed E-state index contributed by atoms with van der Waals surface area (Å²) in [7, 11) is 0. The predicted octanol–water partition coefficient (Wildman–Crippen LogP) is 3.07. The van der Waals surface area contributed by atoms with Crippen molar-refractivity contribution in [3.63, 3.8) is 0 Å². The monoisotopic (exact) mass is 462 g/mol. The summed E-state index contributed by atoms with van der Waals surface area (Å²) < 4.78 is 5.78. The number of benzene rings is 1. The zero-order valence-corrected chi connectivity index (χ0v) is 18.1. The van der Waals surface area contributed by atoms with Gasteiger partial charge in [0.15, 0.2) is 0 Å². The Morgan fingerprint density at radius 1 is 1.25 bits per heavy atom. The molecular weight excluding hydrogens is 443 g/mol. The maximum Gasteiger partial charge on any atom is 0.230 e. The summed E-state index contributed by atoms with van der Waals surface area (Å²) in [4.78, 5) is 14.4. The van der Waals surface area contributed by atoms with E-state index in [1.54, 1.807) is 6.08 Å². The molecule has 2 heterocycles. The average molecular weight is 464 g/mol. The number of nitrogens with zero attached hydrogens (tertiary/aromatic N) is 1. The number of amides is 1. The van der Waals surface area contributed by atoms with Crippen molar-refractivity contribution in [3.8, 4) is 0 Å². The van der Waals surface area contributed by atoms with Crippen LogP contribution in [0.25, 0.3) is 0 Å². The van der Waals surface area contributed by atoms with Crippen LogP contribution >= 0.6 is 46.6 Å². The van der Waals surface area contributed by atoms with Crippen LogP contribution in [0.1, 0.15) is 5.56 Å². The molecule has 0 spiro atoms. The van der Waals surface area contributed by atoms with E-state index in [2.05, 4.69) is 21.1 Å². The molecule has 10 heteroatoms. The van der Waals surface area contributed by atoms with Gasteiger partial charge in [-0.2, -0.15) is 0 Å². The highest BCUT2D eigenvalue weighted by molar-refractivity contribution is 8.03. The number of carbonyl (C=O) groups excluding carboxylic acids is 1. The molecule has 1 unspecified atom stereocenters. The van der Waals surface area contributed by atoms with E-state index in [0.717, 1.165) is 30.2 Å². The molecule has 3 N–H and O–H groups in total. The van der Waals surface area contributed by atoms with E-state index in [1.807, 2.05) is 24.3 Å². The van der Waals surface area contributed by atoms with Crippen LogP contribution in [0.15, 0.2) is 40.5 Å². The van der Waals surface area contributed by atoms with Gasteiger partial charge in [-0.25, -0.2) is 0 Å². The number of halogens is 3. The molecule has 6 nitrogen and oxygen atoms in total. The summed E-state index contributed by atoms with van der Waals surface area (Å²) >= 11 is 19.2. The van der Waals surface area contributed by atoms with Gasteiger partial charge in [-0.15, -0.1) is 0 Å². The second-order valence-electron chi connectivity index (χ2n) is 6.36. The highest BCUT2D eigenvalue weighted by Gasteiger charge is 2.21. The van der Waals surface area contributed by atoms with Crippen LogP contribution in [0.2, 0.25) is 10.0 Å². The lowest BCUT2D eigenvalue weighted by Crippen LogP contribution is -2.47. The number of thioether (sulfide) groups is 1. The number of ether oxygens (including phenoxy) is 1. The summed E-state index contributed by atoms with van der Waals surface area (Å²) in [6.45, 7) is 3.46. The molecule has 1 fully saturated rings. The topological polar surface area (TPSA) is 65.6 Å². The molecule has 1 saturated heterocycles. The van der Waals surface area contributed by atoms with Crippen LogP contribution < -0.4 is 16.2 Å². The lowest BCUT2D eigenvalue weighted by atomic mass is 10.2. The van der Waals surface area contributed by atoms with Crippen LogP contribution in [0.4, 0.5) is 0 Å². The fraction of sp³-hybridized carbons (Fsp3) is 0.389. The predicted molar refractivity (Wildman–Crippen MR) is 115 cm³/mol. The van der Waals surface area contributed by atoms with Gasteiger partial charge in [0.2, 0.25) is 5.91 Å². The number of nitrogens with one attached hydrogen (secondary N) is 3. The van der Waals surface area contributed by atoms with Crippen LogP contribution in [0.3, 0.4) is 0 Å². The highest BCUT2D eigenvalue weighted by atomic mass is 35.5. The first kappa shape index (κ1) is 21.6. The van der Waals surface area contributed by atoms with Crippen LogP contribution in [0.5, 0.6) is 0 Å². The van der Waals surface area contributed by atoms with Gasteiger partial charge < -0.3 is 10.1 Å². The molecule has 28 heavy (non-hydrogen) atoms. The number of rotatable bonds is 7. The fourth-order valence-corrected chi connectivity index (χ4v) is 3.91. The summed E-state index contributed by atoms with van der Waals surface area (Å²) in [5.74, 6) is 0.268. The first-order valence-electron chi connectivity index (χ1n) is 8.76. The van der Waals surface area contributed by atoms with Crippen molar-refractivity contribution in [2.75, 3.05) is 32.0 Å². The fourth-order valence-electron chi connectivity index (χ4n) is 2.80. The van der Waals surface area contributed by atoms with Gasteiger partial charge in [0.05, 0.1) is 33.5 Å². The lowest BCUT2D eigenvalue weighted by Gasteiger charge is -2.33. The minimum Gasteiger partial charge on any atom is -0.374 e. The van der Waals surface area contributed by atoms with Crippen molar-refractivity contribution >= 4 is 52.5 Å². The molecule has 1 aromatic rings. The Kier molecular flexibility index (Phi) is 8.20. The standard InChI is InChI=1S/C18H21Cl3N4O2S/c19-14-2-1-12(7-15(14)20)9-25-5-6-27-13(10-25)8-22-17(26)11-28-18-4-3-16(21)23-24-18/h1-4,7,13,23-24H,5-6,8-11H2,(H,22,26). The minimum absolute atomic E-state index is 0.0408. The zero-order chi connectivity index (χ0) is 19.9. The number of carbonyl (C=O) groups is 1. The summed E-state index contributed by atoms with van der Waals surface area (Å²) in [6.07, 6.45) is 3.51. The third kappa shape index (κ3) is 6.76. The van der Waals surface area contributed by atoms with Crippen molar-refractivity contribution in [1.29, 1.82) is 0 Å². The van der Waals surface area contributed by atoms with E-state index in [-0.39, 0.29) is 12.0 Å². The third-order valence-electron chi connectivity index (χ3n) is 4.18. The summed E-state index contributed by atoms with van der Waals surface area (Å²) in [5, 5.41) is 5.39. The maximum atomic E-state index is 12.1. The molecule has 1 aromatic carbocycles. The SMILES string of the molecule is O=C(CSC1=CC=C(Cl)NN1)NCC1CN(Cc2ccc(Cl)c(Cl)c2)CCO1. The number of hydrogen-bond donors (Lipinski definition) is 3. The van der Waals surface area contributed by atoms with Gasteiger partial charge in [-0.05, 0) is 29.8 Å². The molecule has 0 bridgehead atoms. The second-order valence-corrected chi connectivity index (χ2v) is 8.60. The number of morpholine rings is 1. The Hall–Kier alpha value is -1.09. The van der Waals surface area contributed by atoms with E-state index < -0.39 is 0 Å². The molecule has 2 aliphatic heterocycles. The zero-order valence-electron chi connectivity index (χ0n) is 15.0. The Bertz CT molecular complexity index is 775.